The minimum atomic E-state index is -0.747. The van der Waals surface area contributed by atoms with Gasteiger partial charge in [-0.05, 0) is 37.5 Å². The Morgan fingerprint density at radius 3 is 1.45 bits per heavy atom. The molecule has 4 nitrogen and oxygen atoms in total. The number of aliphatic carboxylic acids is 2. The van der Waals surface area contributed by atoms with Gasteiger partial charge in [-0.15, -0.1) is 0 Å². The highest BCUT2D eigenvalue weighted by atomic mass is 16.4. The van der Waals surface area contributed by atoms with Gasteiger partial charge in [0.1, 0.15) is 0 Å². The van der Waals surface area contributed by atoms with Gasteiger partial charge in [0.15, 0.2) is 0 Å². The smallest absolute Gasteiger partial charge is 0.303 e. The summed E-state index contributed by atoms with van der Waals surface area (Å²) in [6.07, 6.45) is 15.2. The molecule has 126 valence electrons. The molecule has 0 aromatic heterocycles. The normalized spacial score (nSPS) is 14.5. The van der Waals surface area contributed by atoms with Crippen LogP contribution >= 0.6 is 0 Å². The fourth-order valence-electron chi connectivity index (χ4n) is 2.22. The highest BCUT2D eigenvalue weighted by Gasteiger charge is 2.03. The second kappa shape index (κ2) is 13.1. The number of carboxylic acids is 2. The van der Waals surface area contributed by atoms with Crippen LogP contribution in [0.1, 0.15) is 65.2 Å². The molecule has 0 spiro atoms. The Morgan fingerprint density at radius 2 is 1.14 bits per heavy atom. The first-order valence-corrected chi connectivity index (χ1v) is 8.18. The molecule has 0 radical (unpaired) electrons. The van der Waals surface area contributed by atoms with Gasteiger partial charge < -0.3 is 10.2 Å². The highest BCUT2D eigenvalue weighted by Crippen LogP contribution is 2.10. The zero-order valence-corrected chi connectivity index (χ0v) is 13.8. The van der Waals surface area contributed by atoms with Crippen LogP contribution in [0.5, 0.6) is 0 Å². The van der Waals surface area contributed by atoms with Crippen molar-refractivity contribution in [3.63, 3.8) is 0 Å². The van der Waals surface area contributed by atoms with Crippen LogP contribution < -0.4 is 0 Å². The van der Waals surface area contributed by atoms with Gasteiger partial charge in [0.2, 0.25) is 0 Å². The molecule has 0 saturated heterocycles. The summed E-state index contributed by atoms with van der Waals surface area (Å²) in [6.45, 7) is 3.84. The van der Waals surface area contributed by atoms with Crippen molar-refractivity contribution in [2.24, 2.45) is 11.8 Å². The lowest BCUT2D eigenvalue weighted by molar-refractivity contribution is -0.138. The maximum absolute atomic E-state index is 10.5. The van der Waals surface area contributed by atoms with Crippen molar-refractivity contribution in [1.29, 1.82) is 0 Å². The van der Waals surface area contributed by atoms with Crippen LogP contribution in [-0.2, 0) is 9.59 Å². The summed E-state index contributed by atoms with van der Waals surface area (Å²) in [5, 5.41) is 17.3. The van der Waals surface area contributed by atoms with Gasteiger partial charge in [-0.2, -0.15) is 0 Å². The maximum atomic E-state index is 10.5. The number of allylic oxidation sites excluding steroid dienone is 4. The van der Waals surface area contributed by atoms with Gasteiger partial charge in [-0.1, -0.05) is 51.0 Å². The fourth-order valence-corrected chi connectivity index (χ4v) is 2.22. The Morgan fingerprint density at radius 1 is 0.773 bits per heavy atom. The molecule has 0 aliphatic rings. The van der Waals surface area contributed by atoms with E-state index in [1.54, 1.807) is 0 Å². The third-order valence-electron chi connectivity index (χ3n) is 3.41. The first kappa shape index (κ1) is 20.4. The molecule has 0 saturated carbocycles. The Balaban J connectivity index is 3.47. The van der Waals surface area contributed by atoms with Crippen LogP contribution in [0.2, 0.25) is 0 Å². The predicted molar refractivity (Wildman–Crippen MR) is 88.8 cm³/mol. The Hall–Kier alpha value is -1.58. The number of rotatable bonds is 13. The molecule has 0 aromatic carbocycles. The van der Waals surface area contributed by atoms with E-state index >= 15 is 0 Å². The SMILES string of the molecule is CC(C=CCCCCCCC=CC(C)CC(=O)O)CC(=O)O. The largest absolute Gasteiger partial charge is 0.481 e. The topological polar surface area (TPSA) is 74.6 Å². The molecule has 0 aliphatic carbocycles. The second-order valence-electron chi connectivity index (χ2n) is 6.00. The molecule has 0 heterocycles. The molecule has 0 aliphatic heterocycles. The van der Waals surface area contributed by atoms with Crippen molar-refractivity contribution < 1.29 is 19.8 Å². The Labute approximate surface area is 133 Å². The summed E-state index contributed by atoms with van der Waals surface area (Å²) in [5.74, 6) is -1.28. The monoisotopic (exact) mass is 310 g/mol. The Bertz CT molecular complexity index is 335. The van der Waals surface area contributed by atoms with Crippen molar-refractivity contribution in [3.8, 4) is 0 Å². The summed E-state index contributed by atoms with van der Waals surface area (Å²) < 4.78 is 0. The van der Waals surface area contributed by atoms with Crippen LogP contribution in [-0.4, -0.2) is 22.2 Å². The average molecular weight is 310 g/mol. The summed E-state index contributed by atoms with van der Waals surface area (Å²) in [5.41, 5.74) is 0. The molecule has 0 amide bonds. The van der Waals surface area contributed by atoms with Gasteiger partial charge in [0.25, 0.3) is 0 Å². The number of hydrogen-bond donors (Lipinski definition) is 2. The first-order valence-electron chi connectivity index (χ1n) is 8.18. The van der Waals surface area contributed by atoms with E-state index < -0.39 is 11.9 Å². The van der Waals surface area contributed by atoms with Crippen LogP contribution in [0.15, 0.2) is 24.3 Å². The number of unbranched alkanes of at least 4 members (excludes halogenated alkanes) is 5. The van der Waals surface area contributed by atoms with Gasteiger partial charge in [0.05, 0.1) is 12.8 Å². The summed E-state index contributed by atoms with van der Waals surface area (Å²) >= 11 is 0. The van der Waals surface area contributed by atoms with Crippen LogP contribution in [0, 0.1) is 11.8 Å². The van der Waals surface area contributed by atoms with E-state index in [0.717, 1.165) is 25.7 Å². The molecule has 2 atom stereocenters. The van der Waals surface area contributed by atoms with E-state index in [1.807, 2.05) is 26.0 Å². The van der Waals surface area contributed by atoms with Crippen molar-refractivity contribution in [2.45, 2.75) is 65.2 Å². The predicted octanol–water partition coefficient (Wildman–Crippen LogP) is 4.66. The zero-order chi connectivity index (χ0) is 16.8. The molecule has 0 rings (SSSR count). The summed E-state index contributed by atoms with van der Waals surface area (Å²) in [6, 6.07) is 0. The van der Waals surface area contributed by atoms with E-state index in [1.165, 1.54) is 12.8 Å². The number of hydrogen-bond acceptors (Lipinski definition) is 2. The van der Waals surface area contributed by atoms with E-state index in [9.17, 15) is 9.59 Å². The lowest BCUT2D eigenvalue weighted by Gasteiger charge is -2.02. The number of carbonyl (C=O) groups is 2. The van der Waals surface area contributed by atoms with Gasteiger partial charge >= 0.3 is 11.9 Å². The van der Waals surface area contributed by atoms with Crippen LogP contribution in [0.4, 0.5) is 0 Å². The van der Waals surface area contributed by atoms with Gasteiger partial charge in [-0.3, -0.25) is 9.59 Å². The van der Waals surface area contributed by atoms with E-state index in [2.05, 4.69) is 12.2 Å². The summed E-state index contributed by atoms with van der Waals surface area (Å²) in [4.78, 5) is 21.0. The lowest BCUT2D eigenvalue weighted by Crippen LogP contribution is -2.01. The minimum Gasteiger partial charge on any atom is -0.481 e. The van der Waals surface area contributed by atoms with Crippen molar-refractivity contribution >= 4 is 11.9 Å². The molecule has 0 bridgehead atoms. The zero-order valence-electron chi connectivity index (χ0n) is 13.8. The minimum absolute atomic E-state index is 0.107. The molecule has 2 N–H and O–H groups in total. The molecule has 22 heavy (non-hydrogen) atoms. The van der Waals surface area contributed by atoms with Gasteiger partial charge in [-0.25, -0.2) is 0 Å². The fraction of sp³-hybridized carbons (Fsp3) is 0.667. The van der Waals surface area contributed by atoms with Crippen molar-refractivity contribution in [3.05, 3.63) is 24.3 Å². The molecule has 2 unspecified atom stereocenters. The first-order chi connectivity index (χ1) is 10.4. The van der Waals surface area contributed by atoms with Gasteiger partial charge in [0, 0.05) is 0 Å². The van der Waals surface area contributed by atoms with E-state index in [4.69, 9.17) is 10.2 Å². The lowest BCUT2D eigenvalue weighted by atomic mass is 10.0. The quantitative estimate of drug-likeness (QED) is 0.383. The van der Waals surface area contributed by atoms with Crippen LogP contribution in [0.3, 0.4) is 0 Å². The van der Waals surface area contributed by atoms with Crippen LogP contribution in [0.25, 0.3) is 0 Å². The van der Waals surface area contributed by atoms with E-state index in [0.29, 0.717) is 0 Å². The number of carboxylic acid groups (broad SMARTS) is 2. The molecule has 0 aromatic rings. The third kappa shape index (κ3) is 14.8. The average Bonchev–Trinajstić information content (AvgIpc) is 2.39. The Kier molecular flexibility index (Phi) is 12.2. The maximum Gasteiger partial charge on any atom is 0.303 e. The van der Waals surface area contributed by atoms with Crippen molar-refractivity contribution in [1.82, 2.24) is 0 Å². The standard InChI is InChI=1S/C18H30O4/c1-15(13-17(19)20)11-9-7-5-3-4-6-8-10-12-16(2)14-18(21)22/h9-12,15-16H,3-8,13-14H2,1-2H3,(H,19,20)(H,21,22). The molecule has 4 heteroatoms. The van der Waals surface area contributed by atoms with Crippen molar-refractivity contribution in [2.75, 3.05) is 0 Å². The third-order valence-corrected chi connectivity index (χ3v) is 3.41. The highest BCUT2D eigenvalue weighted by molar-refractivity contribution is 5.67. The molecule has 0 fully saturated rings. The summed E-state index contributed by atoms with van der Waals surface area (Å²) in [7, 11) is 0. The molecular formula is C18H30O4. The second-order valence-corrected chi connectivity index (χ2v) is 6.00. The molecular weight excluding hydrogens is 280 g/mol. The van der Waals surface area contributed by atoms with E-state index in [-0.39, 0.29) is 24.7 Å².